The second-order valence-electron chi connectivity index (χ2n) is 3.80. The summed E-state index contributed by atoms with van der Waals surface area (Å²) in [4.78, 5) is 12.0. The van der Waals surface area contributed by atoms with Crippen LogP contribution in [0.2, 0.25) is 0 Å². The second-order valence-corrected chi connectivity index (χ2v) is 4.78. The van der Waals surface area contributed by atoms with Crippen molar-refractivity contribution in [1.29, 1.82) is 0 Å². The zero-order chi connectivity index (χ0) is 12.3. The van der Waals surface area contributed by atoms with Gasteiger partial charge in [0.1, 0.15) is 0 Å². The van der Waals surface area contributed by atoms with Crippen molar-refractivity contribution in [2.75, 3.05) is 5.32 Å². The van der Waals surface area contributed by atoms with Gasteiger partial charge in [0.25, 0.3) is 0 Å². The lowest BCUT2D eigenvalue weighted by molar-refractivity contribution is -0.114. The molecule has 88 valence electrons. The molecule has 0 saturated heterocycles. The average Bonchev–Trinajstić information content (AvgIpc) is 2.82. The maximum Gasteiger partial charge on any atom is 0.221 e. The Labute approximate surface area is 104 Å². The van der Waals surface area contributed by atoms with E-state index in [1.165, 1.54) is 6.92 Å². The molecule has 0 fully saturated rings. The Morgan fingerprint density at radius 1 is 1.29 bits per heavy atom. The third kappa shape index (κ3) is 2.93. The van der Waals surface area contributed by atoms with Crippen molar-refractivity contribution < 1.29 is 4.79 Å². The first-order chi connectivity index (χ1) is 8.16. The fourth-order valence-electron chi connectivity index (χ4n) is 1.61. The molecule has 0 spiro atoms. The number of rotatable bonds is 3. The number of nitrogens with two attached hydrogens (primary N) is 1. The lowest BCUT2D eigenvalue weighted by Gasteiger charge is -2.10. The lowest BCUT2D eigenvalue weighted by atomic mass is 10.1. The Balaban J connectivity index is 2.15. The zero-order valence-corrected chi connectivity index (χ0v) is 10.3. The summed E-state index contributed by atoms with van der Waals surface area (Å²) < 4.78 is 0. The van der Waals surface area contributed by atoms with Gasteiger partial charge in [-0.15, -0.1) is 11.3 Å². The molecular weight excluding hydrogens is 232 g/mol. The first-order valence-electron chi connectivity index (χ1n) is 5.33. The number of hydrogen-bond donors (Lipinski definition) is 2. The van der Waals surface area contributed by atoms with Crippen molar-refractivity contribution >= 4 is 22.9 Å². The predicted octanol–water partition coefficient (Wildman–Crippen LogP) is 2.75. The van der Waals surface area contributed by atoms with Crippen molar-refractivity contribution in [2.24, 2.45) is 5.73 Å². The zero-order valence-electron chi connectivity index (χ0n) is 9.51. The van der Waals surface area contributed by atoms with E-state index in [2.05, 4.69) is 5.32 Å². The highest BCUT2D eigenvalue weighted by molar-refractivity contribution is 7.10. The standard InChI is InChI=1S/C13H14N2OS/c1-9(16)15-11-6-4-10(5-7-11)13(14)12-3-2-8-17-12/h2-8,13H,14H2,1H3,(H,15,16)/t13-/m1/s1. The summed E-state index contributed by atoms with van der Waals surface area (Å²) in [6, 6.07) is 11.5. The topological polar surface area (TPSA) is 55.1 Å². The van der Waals surface area contributed by atoms with E-state index in [0.717, 1.165) is 16.1 Å². The van der Waals surface area contributed by atoms with Gasteiger partial charge in [-0.05, 0) is 29.1 Å². The van der Waals surface area contributed by atoms with Gasteiger partial charge in [-0.2, -0.15) is 0 Å². The Morgan fingerprint density at radius 2 is 2.00 bits per heavy atom. The Kier molecular flexibility index (Phi) is 3.56. The Morgan fingerprint density at radius 3 is 2.53 bits per heavy atom. The van der Waals surface area contributed by atoms with E-state index in [4.69, 9.17) is 5.73 Å². The molecule has 0 aliphatic rings. The number of nitrogens with one attached hydrogen (secondary N) is 1. The molecule has 2 rings (SSSR count). The van der Waals surface area contributed by atoms with Gasteiger partial charge in [0.05, 0.1) is 6.04 Å². The SMILES string of the molecule is CC(=O)Nc1ccc([C@@H](N)c2cccs2)cc1. The van der Waals surface area contributed by atoms with Crippen LogP contribution >= 0.6 is 11.3 Å². The molecule has 0 aliphatic carbocycles. The number of anilines is 1. The molecular formula is C13H14N2OS. The van der Waals surface area contributed by atoms with Crippen LogP contribution in [0.15, 0.2) is 41.8 Å². The fourth-order valence-corrected chi connectivity index (χ4v) is 2.36. The third-order valence-electron chi connectivity index (χ3n) is 2.44. The largest absolute Gasteiger partial charge is 0.326 e. The number of thiophene rings is 1. The van der Waals surface area contributed by atoms with Gasteiger partial charge < -0.3 is 11.1 Å². The first kappa shape index (κ1) is 11.8. The normalized spacial score (nSPS) is 12.1. The highest BCUT2D eigenvalue weighted by atomic mass is 32.1. The van der Waals surface area contributed by atoms with Crippen LogP contribution < -0.4 is 11.1 Å². The molecule has 1 amide bonds. The molecule has 4 heteroatoms. The van der Waals surface area contributed by atoms with Crippen molar-refractivity contribution in [3.05, 3.63) is 52.2 Å². The highest BCUT2D eigenvalue weighted by Gasteiger charge is 2.09. The van der Waals surface area contributed by atoms with Crippen LogP contribution in [0, 0.1) is 0 Å². The molecule has 0 unspecified atom stereocenters. The summed E-state index contributed by atoms with van der Waals surface area (Å²) >= 11 is 1.65. The Hall–Kier alpha value is -1.65. The smallest absolute Gasteiger partial charge is 0.221 e. The number of benzene rings is 1. The minimum Gasteiger partial charge on any atom is -0.326 e. The first-order valence-corrected chi connectivity index (χ1v) is 6.21. The fraction of sp³-hybridized carbons (Fsp3) is 0.154. The van der Waals surface area contributed by atoms with Gasteiger partial charge in [0, 0.05) is 17.5 Å². The quantitative estimate of drug-likeness (QED) is 0.875. The molecule has 1 aromatic carbocycles. The van der Waals surface area contributed by atoms with Gasteiger partial charge in [-0.25, -0.2) is 0 Å². The monoisotopic (exact) mass is 246 g/mol. The van der Waals surface area contributed by atoms with E-state index >= 15 is 0 Å². The van der Waals surface area contributed by atoms with Crippen LogP contribution in [0.1, 0.15) is 23.4 Å². The number of hydrogen-bond acceptors (Lipinski definition) is 3. The van der Waals surface area contributed by atoms with Crippen LogP contribution in [0.4, 0.5) is 5.69 Å². The minimum absolute atomic E-state index is 0.0692. The van der Waals surface area contributed by atoms with E-state index in [0.29, 0.717) is 0 Å². The second kappa shape index (κ2) is 5.12. The predicted molar refractivity (Wildman–Crippen MR) is 71.1 cm³/mol. The maximum absolute atomic E-state index is 10.9. The van der Waals surface area contributed by atoms with Crippen molar-refractivity contribution in [3.63, 3.8) is 0 Å². The van der Waals surface area contributed by atoms with Crippen molar-refractivity contribution in [2.45, 2.75) is 13.0 Å². The number of carbonyl (C=O) groups excluding carboxylic acids is 1. The lowest BCUT2D eigenvalue weighted by Crippen LogP contribution is -2.10. The van der Waals surface area contributed by atoms with Crippen molar-refractivity contribution in [1.82, 2.24) is 0 Å². The summed E-state index contributed by atoms with van der Waals surface area (Å²) in [5.74, 6) is -0.0692. The number of carbonyl (C=O) groups is 1. The molecule has 1 heterocycles. The van der Waals surface area contributed by atoms with Gasteiger partial charge in [0.2, 0.25) is 5.91 Å². The summed E-state index contributed by atoms with van der Waals surface area (Å²) in [6.07, 6.45) is 0. The Bertz CT molecular complexity index is 491. The minimum atomic E-state index is -0.0959. The van der Waals surface area contributed by atoms with E-state index in [-0.39, 0.29) is 11.9 Å². The van der Waals surface area contributed by atoms with Crippen LogP contribution in [0.25, 0.3) is 0 Å². The number of amides is 1. The van der Waals surface area contributed by atoms with Crippen LogP contribution in [-0.2, 0) is 4.79 Å². The van der Waals surface area contributed by atoms with Crippen LogP contribution in [-0.4, -0.2) is 5.91 Å². The molecule has 17 heavy (non-hydrogen) atoms. The molecule has 3 nitrogen and oxygen atoms in total. The molecule has 0 saturated carbocycles. The molecule has 0 bridgehead atoms. The molecule has 1 aromatic heterocycles. The highest BCUT2D eigenvalue weighted by Crippen LogP contribution is 2.24. The van der Waals surface area contributed by atoms with Gasteiger partial charge >= 0.3 is 0 Å². The van der Waals surface area contributed by atoms with Gasteiger partial charge in [0.15, 0.2) is 0 Å². The van der Waals surface area contributed by atoms with E-state index in [9.17, 15) is 4.79 Å². The van der Waals surface area contributed by atoms with Gasteiger partial charge in [-0.1, -0.05) is 18.2 Å². The molecule has 0 radical (unpaired) electrons. The maximum atomic E-state index is 10.9. The van der Waals surface area contributed by atoms with Crippen molar-refractivity contribution in [3.8, 4) is 0 Å². The molecule has 0 aliphatic heterocycles. The van der Waals surface area contributed by atoms with Crippen LogP contribution in [0.5, 0.6) is 0 Å². The summed E-state index contributed by atoms with van der Waals surface area (Å²) in [7, 11) is 0. The van der Waals surface area contributed by atoms with E-state index in [1.807, 2.05) is 41.8 Å². The van der Waals surface area contributed by atoms with Gasteiger partial charge in [-0.3, -0.25) is 4.79 Å². The molecule has 1 atom stereocenters. The van der Waals surface area contributed by atoms with E-state index in [1.54, 1.807) is 11.3 Å². The summed E-state index contributed by atoms with van der Waals surface area (Å²) in [6.45, 7) is 1.49. The third-order valence-corrected chi connectivity index (χ3v) is 3.40. The summed E-state index contributed by atoms with van der Waals surface area (Å²) in [5.41, 5.74) is 7.97. The molecule has 2 aromatic rings. The van der Waals surface area contributed by atoms with Crippen LogP contribution in [0.3, 0.4) is 0 Å². The summed E-state index contributed by atoms with van der Waals surface area (Å²) in [5, 5.41) is 4.74. The van der Waals surface area contributed by atoms with E-state index < -0.39 is 0 Å². The molecule has 3 N–H and O–H groups in total. The average molecular weight is 246 g/mol.